The summed E-state index contributed by atoms with van der Waals surface area (Å²) in [6.45, 7) is 0. The van der Waals surface area contributed by atoms with Crippen molar-refractivity contribution < 1.29 is 26.3 Å². The fourth-order valence-corrected chi connectivity index (χ4v) is 3.21. The quantitative estimate of drug-likeness (QED) is 0.552. The Hall–Kier alpha value is -5.81. The Morgan fingerprint density at radius 1 is 0.556 bits per heavy atom. The van der Waals surface area contributed by atoms with E-state index in [1.807, 2.05) is 0 Å². The third-order valence-electron chi connectivity index (χ3n) is 4.68. The first-order chi connectivity index (χ1) is 16.8. The van der Waals surface area contributed by atoms with Crippen LogP contribution in [0.1, 0.15) is 38.9 Å². The second kappa shape index (κ2) is 9.59. The van der Waals surface area contributed by atoms with Crippen molar-refractivity contribution in [1.29, 1.82) is 36.8 Å². The fraction of sp³-hybridized carbons (Fsp3) is 0.0870. The molecule has 0 saturated carbocycles. The van der Waals surface area contributed by atoms with E-state index in [0.717, 1.165) is 18.2 Å². The first-order valence-corrected chi connectivity index (χ1v) is 8.93. The molecule has 0 fully saturated rings. The van der Waals surface area contributed by atoms with Crippen molar-refractivity contribution in [3.63, 3.8) is 0 Å². The Labute approximate surface area is 197 Å². The molecule has 0 spiro atoms. The molecule has 2 aromatic rings. The number of hydrogen-bond acceptors (Lipinski definition) is 7. The minimum atomic E-state index is -5.57. The summed E-state index contributed by atoms with van der Waals surface area (Å²) in [5, 5.41) is 64.4. The van der Waals surface area contributed by atoms with Crippen LogP contribution in [0.5, 0.6) is 0 Å². The lowest BCUT2D eigenvalue weighted by atomic mass is 9.86. The topological polar surface area (TPSA) is 167 Å². The molecular weight excluding hydrogens is 488 g/mol. The van der Waals surface area contributed by atoms with Crippen molar-refractivity contribution in [2.24, 2.45) is 0 Å². The van der Waals surface area contributed by atoms with Crippen molar-refractivity contribution in [3.05, 3.63) is 67.6 Å². The average molecular weight is 491 g/mol. The SMILES string of the molecule is N#CC(C#N)=c1cc(C#N)/c(=C(/C#N)c2c(C(F)(F)F)cc(C(F)(F)F)c(C#N)c2C#N)cc1C#N. The van der Waals surface area contributed by atoms with Crippen LogP contribution >= 0.6 is 0 Å². The van der Waals surface area contributed by atoms with Gasteiger partial charge in [-0.3, -0.25) is 0 Å². The van der Waals surface area contributed by atoms with Crippen molar-refractivity contribution in [1.82, 2.24) is 0 Å². The summed E-state index contributed by atoms with van der Waals surface area (Å²) in [5.74, 6) is 0. The molecule has 0 unspecified atom stereocenters. The number of alkyl halides is 6. The molecule has 0 aliphatic carbocycles. The minimum Gasteiger partial charge on any atom is -0.192 e. The molecule has 0 radical (unpaired) electrons. The maximum Gasteiger partial charge on any atom is 0.417 e. The van der Waals surface area contributed by atoms with E-state index in [4.69, 9.17) is 10.5 Å². The second-order valence-electron chi connectivity index (χ2n) is 6.57. The van der Waals surface area contributed by atoms with Crippen LogP contribution in [0.15, 0.2) is 18.2 Å². The average Bonchev–Trinajstić information content (AvgIpc) is 2.83. The molecule has 13 heteroatoms. The van der Waals surface area contributed by atoms with Gasteiger partial charge in [-0.1, -0.05) is 0 Å². The third kappa shape index (κ3) is 4.48. The van der Waals surface area contributed by atoms with Crippen molar-refractivity contribution in [3.8, 4) is 42.5 Å². The monoisotopic (exact) mass is 491 g/mol. The zero-order valence-corrected chi connectivity index (χ0v) is 17.1. The van der Waals surface area contributed by atoms with E-state index in [1.54, 1.807) is 6.07 Å². The van der Waals surface area contributed by atoms with Gasteiger partial charge in [0.15, 0.2) is 0 Å². The lowest BCUT2D eigenvalue weighted by Crippen LogP contribution is -2.24. The van der Waals surface area contributed by atoms with Crippen LogP contribution in [-0.2, 0) is 12.4 Å². The number of halogens is 6. The molecule has 0 amide bonds. The van der Waals surface area contributed by atoms with Gasteiger partial charge in [-0.2, -0.15) is 63.2 Å². The summed E-state index contributed by atoms with van der Waals surface area (Å²) in [6.07, 6.45) is -11.0. The van der Waals surface area contributed by atoms with E-state index < -0.39 is 73.7 Å². The Morgan fingerprint density at radius 2 is 1.03 bits per heavy atom. The largest absolute Gasteiger partial charge is 0.417 e. The van der Waals surface area contributed by atoms with Crippen LogP contribution < -0.4 is 10.4 Å². The van der Waals surface area contributed by atoms with Crippen molar-refractivity contribution >= 4 is 11.1 Å². The summed E-state index contributed by atoms with van der Waals surface area (Å²) in [7, 11) is 0. The van der Waals surface area contributed by atoms with E-state index >= 15 is 0 Å². The molecule has 0 N–H and O–H groups in total. The molecule has 0 atom stereocenters. The molecule has 0 saturated heterocycles. The van der Waals surface area contributed by atoms with Crippen LogP contribution in [-0.4, -0.2) is 0 Å². The highest BCUT2D eigenvalue weighted by molar-refractivity contribution is 5.85. The van der Waals surface area contributed by atoms with Crippen LogP contribution in [0.2, 0.25) is 0 Å². The van der Waals surface area contributed by atoms with E-state index in [-0.39, 0.29) is 5.22 Å². The molecule has 0 aliphatic rings. The van der Waals surface area contributed by atoms with Gasteiger partial charge in [-0.15, -0.1) is 0 Å². The first kappa shape index (κ1) is 26.4. The normalized spacial score (nSPS) is 11.3. The van der Waals surface area contributed by atoms with Gasteiger partial charge < -0.3 is 0 Å². The van der Waals surface area contributed by atoms with Crippen molar-refractivity contribution in [2.45, 2.75) is 12.4 Å². The standard InChI is InChI=1S/C23H3F6N7/c24-22(25,26)19-3-20(23(27,28)29)21(18(10-36)16(19)8-34)17(9-35)15-2-11(4-30)14(1-12(15)5-31)13(6-32)7-33/h1-3H/b17-15-. The van der Waals surface area contributed by atoms with E-state index in [0.29, 0.717) is 6.07 Å². The van der Waals surface area contributed by atoms with Gasteiger partial charge in [0.1, 0.15) is 35.9 Å². The third-order valence-corrected chi connectivity index (χ3v) is 4.68. The molecule has 0 aliphatic heterocycles. The van der Waals surface area contributed by atoms with E-state index in [9.17, 15) is 52.7 Å². The minimum absolute atomic E-state index is 0.387. The Bertz CT molecular complexity index is 1720. The van der Waals surface area contributed by atoms with Crippen LogP contribution in [0.25, 0.3) is 11.1 Å². The van der Waals surface area contributed by atoms with Gasteiger partial charge in [-0.05, 0) is 18.2 Å². The number of nitrogens with zero attached hydrogens (tertiary/aromatic N) is 7. The van der Waals surface area contributed by atoms with E-state index in [1.165, 1.54) is 24.3 Å². The molecule has 36 heavy (non-hydrogen) atoms. The number of rotatable bonds is 1. The van der Waals surface area contributed by atoms with Gasteiger partial charge in [0, 0.05) is 16.0 Å². The number of hydrogen-bond donors (Lipinski definition) is 0. The molecule has 0 bridgehead atoms. The van der Waals surface area contributed by atoms with Crippen LogP contribution in [0.3, 0.4) is 0 Å². The summed E-state index contributed by atoms with van der Waals surface area (Å²) in [5.41, 5.74) is -11.4. The number of nitriles is 7. The highest BCUT2D eigenvalue weighted by Crippen LogP contribution is 2.42. The van der Waals surface area contributed by atoms with Gasteiger partial charge >= 0.3 is 12.4 Å². The summed E-state index contributed by atoms with van der Waals surface area (Å²) < 4.78 is 82.0. The summed E-state index contributed by atoms with van der Waals surface area (Å²) >= 11 is 0. The Morgan fingerprint density at radius 3 is 1.42 bits per heavy atom. The predicted octanol–water partition coefficient (Wildman–Crippen LogP) is 3.13. The number of benzene rings is 2. The second-order valence-corrected chi connectivity index (χ2v) is 6.57. The maximum absolute atomic E-state index is 13.9. The highest BCUT2D eigenvalue weighted by Gasteiger charge is 2.43. The summed E-state index contributed by atoms with van der Waals surface area (Å²) in [4.78, 5) is 0. The highest BCUT2D eigenvalue weighted by atomic mass is 19.4. The first-order valence-electron chi connectivity index (χ1n) is 8.93. The van der Waals surface area contributed by atoms with Gasteiger partial charge in [0.2, 0.25) is 0 Å². The maximum atomic E-state index is 13.9. The summed E-state index contributed by atoms with van der Waals surface area (Å²) in [6, 6.07) is 10.5. The Balaban J connectivity index is 3.44. The smallest absolute Gasteiger partial charge is 0.192 e. The Kier molecular flexibility index (Phi) is 7.04. The van der Waals surface area contributed by atoms with Crippen LogP contribution in [0, 0.1) is 79.3 Å². The van der Waals surface area contributed by atoms with Crippen molar-refractivity contribution in [2.75, 3.05) is 0 Å². The zero-order valence-electron chi connectivity index (χ0n) is 17.1. The molecule has 0 aromatic heterocycles. The molecule has 7 nitrogen and oxygen atoms in total. The predicted molar refractivity (Wildman–Crippen MR) is 104 cm³/mol. The fourth-order valence-electron chi connectivity index (χ4n) is 3.21. The lowest BCUT2D eigenvalue weighted by Gasteiger charge is -2.19. The molecule has 2 rings (SSSR count). The van der Waals surface area contributed by atoms with Gasteiger partial charge in [-0.25, -0.2) is 0 Å². The van der Waals surface area contributed by atoms with Gasteiger partial charge in [0.25, 0.3) is 0 Å². The molecule has 0 heterocycles. The molecular formula is C23H3F6N7. The zero-order chi connectivity index (χ0) is 27.4. The van der Waals surface area contributed by atoms with Gasteiger partial charge in [0.05, 0.1) is 51.1 Å². The van der Waals surface area contributed by atoms with E-state index in [2.05, 4.69) is 0 Å². The molecule has 2 aromatic carbocycles. The molecule has 172 valence electrons. The lowest BCUT2D eigenvalue weighted by molar-refractivity contribution is -0.143. The van der Waals surface area contributed by atoms with Crippen LogP contribution in [0.4, 0.5) is 26.3 Å².